The standard InChI is InChI=1S/C10H13N3O/c1-8(14-2)7-13-10-5-9(6-11)3-4-12-10/h3-5,8H,7H2,1-2H3,(H,12,13). The maximum Gasteiger partial charge on any atom is 0.127 e. The molecule has 0 aliphatic carbocycles. The van der Waals surface area contributed by atoms with Gasteiger partial charge in [0.15, 0.2) is 0 Å². The second-order valence-electron chi connectivity index (χ2n) is 2.97. The van der Waals surface area contributed by atoms with Crippen molar-refractivity contribution in [1.29, 1.82) is 5.26 Å². The van der Waals surface area contributed by atoms with Gasteiger partial charge in [-0.25, -0.2) is 4.98 Å². The molecule has 0 radical (unpaired) electrons. The van der Waals surface area contributed by atoms with E-state index in [1.807, 2.05) is 6.92 Å². The molecule has 0 saturated heterocycles. The summed E-state index contributed by atoms with van der Waals surface area (Å²) < 4.78 is 5.07. The Hall–Kier alpha value is -1.60. The molecule has 4 heteroatoms. The molecule has 0 bridgehead atoms. The average Bonchev–Trinajstić information content (AvgIpc) is 2.26. The van der Waals surface area contributed by atoms with Gasteiger partial charge in [0.1, 0.15) is 5.82 Å². The van der Waals surface area contributed by atoms with Crippen molar-refractivity contribution in [2.24, 2.45) is 0 Å². The maximum absolute atomic E-state index is 8.66. The van der Waals surface area contributed by atoms with E-state index in [1.165, 1.54) is 0 Å². The van der Waals surface area contributed by atoms with Gasteiger partial charge in [0.05, 0.1) is 17.7 Å². The minimum Gasteiger partial charge on any atom is -0.380 e. The number of methoxy groups -OCH3 is 1. The van der Waals surface area contributed by atoms with Crippen LogP contribution in [0.2, 0.25) is 0 Å². The smallest absolute Gasteiger partial charge is 0.127 e. The molecule has 1 aromatic rings. The van der Waals surface area contributed by atoms with Crippen LogP contribution in [0.25, 0.3) is 0 Å². The van der Waals surface area contributed by atoms with E-state index in [2.05, 4.69) is 16.4 Å². The molecule has 0 aromatic carbocycles. The molecular weight excluding hydrogens is 178 g/mol. The lowest BCUT2D eigenvalue weighted by atomic mass is 10.3. The first-order valence-electron chi connectivity index (χ1n) is 4.39. The van der Waals surface area contributed by atoms with Crippen molar-refractivity contribution >= 4 is 5.82 Å². The van der Waals surface area contributed by atoms with Gasteiger partial charge in [-0.05, 0) is 19.1 Å². The Morgan fingerprint density at radius 3 is 3.14 bits per heavy atom. The summed E-state index contributed by atoms with van der Waals surface area (Å²) in [7, 11) is 1.66. The van der Waals surface area contributed by atoms with Crippen LogP contribution in [-0.4, -0.2) is 24.7 Å². The van der Waals surface area contributed by atoms with E-state index < -0.39 is 0 Å². The highest BCUT2D eigenvalue weighted by Crippen LogP contribution is 2.05. The summed E-state index contributed by atoms with van der Waals surface area (Å²) in [5, 5.41) is 11.7. The number of hydrogen-bond acceptors (Lipinski definition) is 4. The molecule has 14 heavy (non-hydrogen) atoms. The van der Waals surface area contributed by atoms with Crippen LogP contribution in [0.4, 0.5) is 5.82 Å². The third kappa shape index (κ3) is 3.04. The third-order valence-corrected chi connectivity index (χ3v) is 1.86. The summed E-state index contributed by atoms with van der Waals surface area (Å²) in [6.07, 6.45) is 1.74. The van der Waals surface area contributed by atoms with Crippen molar-refractivity contribution in [3.05, 3.63) is 23.9 Å². The molecule has 0 aliphatic rings. The van der Waals surface area contributed by atoms with Crippen molar-refractivity contribution < 1.29 is 4.74 Å². The number of rotatable bonds is 4. The second kappa shape index (κ2) is 5.20. The fourth-order valence-electron chi connectivity index (χ4n) is 0.928. The molecular formula is C10H13N3O. The van der Waals surface area contributed by atoms with Crippen LogP contribution in [0, 0.1) is 11.3 Å². The molecule has 0 amide bonds. The third-order valence-electron chi connectivity index (χ3n) is 1.86. The van der Waals surface area contributed by atoms with Crippen LogP contribution < -0.4 is 5.32 Å². The lowest BCUT2D eigenvalue weighted by molar-refractivity contribution is 0.128. The number of pyridine rings is 1. The van der Waals surface area contributed by atoms with Crippen molar-refractivity contribution in [3.8, 4) is 6.07 Å². The first kappa shape index (κ1) is 10.5. The van der Waals surface area contributed by atoms with E-state index >= 15 is 0 Å². The second-order valence-corrected chi connectivity index (χ2v) is 2.97. The van der Waals surface area contributed by atoms with Gasteiger partial charge in [-0.1, -0.05) is 0 Å². The number of nitrogens with one attached hydrogen (secondary N) is 1. The SMILES string of the molecule is COC(C)CNc1cc(C#N)ccn1. The van der Waals surface area contributed by atoms with Gasteiger partial charge in [0.2, 0.25) is 0 Å². The zero-order chi connectivity index (χ0) is 10.4. The number of ether oxygens (including phenoxy) is 1. The van der Waals surface area contributed by atoms with Gasteiger partial charge in [-0.3, -0.25) is 0 Å². The average molecular weight is 191 g/mol. The minimum absolute atomic E-state index is 0.127. The zero-order valence-corrected chi connectivity index (χ0v) is 8.32. The highest BCUT2D eigenvalue weighted by molar-refractivity contribution is 5.42. The summed E-state index contributed by atoms with van der Waals surface area (Å²) in [4.78, 5) is 4.08. The Morgan fingerprint density at radius 1 is 1.71 bits per heavy atom. The van der Waals surface area contributed by atoms with E-state index in [0.29, 0.717) is 17.9 Å². The Kier molecular flexibility index (Phi) is 3.89. The molecule has 1 atom stereocenters. The predicted octanol–water partition coefficient (Wildman–Crippen LogP) is 1.40. The molecule has 1 N–H and O–H groups in total. The van der Waals surface area contributed by atoms with Crippen LogP contribution >= 0.6 is 0 Å². The highest BCUT2D eigenvalue weighted by atomic mass is 16.5. The van der Waals surface area contributed by atoms with Crippen LogP contribution in [0.3, 0.4) is 0 Å². The number of anilines is 1. The van der Waals surface area contributed by atoms with Gasteiger partial charge < -0.3 is 10.1 Å². The zero-order valence-electron chi connectivity index (χ0n) is 8.32. The summed E-state index contributed by atoms with van der Waals surface area (Å²) in [5.41, 5.74) is 0.604. The van der Waals surface area contributed by atoms with E-state index in [1.54, 1.807) is 25.4 Å². The molecule has 0 fully saturated rings. The maximum atomic E-state index is 8.66. The first-order valence-corrected chi connectivity index (χ1v) is 4.39. The lowest BCUT2D eigenvalue weighted by Crippen LogP contribution is -2.18. The van der Waals surface area contributed by atoms with E-state index in [0.717, 1.165) is 0 Å². The number of aromatic nitrogens is 1. The quantitative estimate of drug-likeness (QED) is 0.781. The van der Waals surface area contributed by atoms with Crippen molar-refractivity contribution in [3.63, 3.8) is 0 Å². The van der Waals surface area contributed by atoms with Gasteiger partial charge in [0.25, 0.3) is 0 Å². The molecule has 0 saturated carbocycles. The normalized spacial score (nSPS) is 11.8. The van der Waals surface area contributed by atoms with Gasteiger partial charge in [-0.15, -0.1) is 0 Å². The Labute approximate surface area is 83.5 Å². The Balaban J connectivity index is 2.55. The van der Waals surface area contributed by atoms with Crippen LogP contribution in [0.1, 0.15) is 12.5 Å². The van der Waals surface area contributed by atoms with Gasteiger partial charge in [0, 0.05) is 19.9 Å². The fourth-order valence-corrected chi connectivity index (χ4v) is 0.928. The monoisotopic (exact) mass is 191 g/mol. The molecule has 1 unspecified atom stereocenters. The molecule has 1 aromatic heterocycles. The highest BCUT2D eigenvalue weighted by Gasteiger charge is 2.00. The first-order chi connectivity index (χ1) is 6.76. The molecule has 0 spiro atoms. The summed E-state index contributed by atoms with van der Waals surface area (Å²) in [5.74, 6) is 0.702. The van der Waals surface area contributed by atoms with Gasteiger partial charge in [-0.2, -0.15) is 5.26 Å². The van der Waals surface area contributed by atoms with E-state index in [9.17, 15) is 0 Å². The number of nitrogens with zero attached hydrogens (tertiary/aromatic N) is 2. The number of hydrogen-bond donors (Lipinski definition) is 1. The number of nitriles is 1. The molecule has 74 valence electrons. The summed E-state index contributed by atoms with van der Waals surface area (Å²) in [6, 6.07) is 5.44. The molecule has 4 nitrogen and oxygen atoms in total. The predicted molar refractivity (Wildman–Crippen MR) is 53.9 cm³/mol. The molecule has 0 aliphatic heterocycles. The topological polar surface area (TPSA) is 57.9 Å². The summed E-state index contributed by atoms with van der Waals surface area (Å²) in [6.45, 7) is 2.64. The van der Waals surface area contributed by atoms with E-state index in [-0.39, 0.29) is 6.10 Å². The Morgan fingerprint density at radius 2 is 2.50 bits per heavy atom. The minimum atomic E-state index is 0.127. The van der Waals surface area contributed by atoms with Crippen LogP contribution in [0.5, 0.6) is 0 Å². The van der Waals surface area contributed by atoms with Crippen LogP contribution in [0.15, 0.2) is 18.3 Å². The van der Waals surface area contributed by atoms with Gasteiger partial charge >= 0.3 is 0 Å². The largest absolute Gasteiger partial charge is 0.380 e. The van der Waals surface area contributed by atoms with Crippen molar-refractivity contribution in [1.82, 2.24) is 4.98 Å². The Bertz CT molecular complexity index is 332. The molecule has 1 rings (SSSR count). The van der Waals surface area contributed by atoms with Crippen LogP contribution in [-0.2, 0) is 4.74 Å². The van der Waals surface area contributed by atoms with Crippen molar-refractivity contribution in [2.45, 2.75) is 13.0 Å². The lowest BCUT2D eigenvalue weighted by Gasteiger charge is -2.10. The van der Waals surface area contributed by atoms with E-state index in [4.69, 9.17) is 10.00 Å². The summed E-state index contributed by atoms with van der Waals surface area (Å²) >= 11 is 0. The fraction of sp³-hybridized carbons (Fsp3) is 0.400. The molecule has 1 heterocycles. The van der Waals surface area contributed by atoms with Crippen molar-refractivity contribution in [2.75, 3.05) is 19.0 Å².